The van der Waals surface area contributed by atoms with E-state index >= 15 is 0 Å². The van der Waals surface area contributed by atoms with E-state index in [0.29, 0.717) is 12.2 Å². The van der Waals surface area contributed by atoms with Crippen LogP contribution >= 0.6 is 0 Å². The number of hydrogen-bond acceptors (Lipinski definition) is 4. The molecule has 0 saturated carbocycles. The van der Waals surface area contributed by atoms with Gasteiger partial charge in [0.15, 0.2) is 0 Å². The van der Waals surface area contributed by atoms with Gasteiger partial charge in [0.25, 0.3) is 10.0 Å². The van der Waals surface area contributed by atoms with Gasteiger partial charge < -0.3 is 10.2 Å². The summed E-state index contributed by atoms with van der Waals surface area (Å²) >= 11 is 0. The summed E-state index contributed by atoms with van der Waals surface area (Å²) in [6.45, 7) is 11.2. The average Bonchev–Trinajstić information content (AvgIpc) is 2.88. The Balaban J connectivity index is 2.07. The topological polar surface area (TPSA) is 86.8 Å². The van der Waals surface area contributed by atoms with Crippen LogP contribution in [0.4, 0.5) is 5.69 Å². The number of likely N-dealkylation sites (N-methyl/N-ethyl adjacent to an activating group) is 1. The molecule has 38 heavy (non-hydrogen) atoms. The molecule has 3 aromatic rings. The summed E-state index contributed by atoms with van der Waals surface area (Å²) in [5, 5.41) is 2.77. The van der Waals surface area contributed by atoms with E-state index in [1.165, 1.54) is 4.90 Å². The molecule has 0 unspecified atom stereocenters. The third kappa shape index (κ3) is 6.61. The van der Waals surface area contributed by atoms with Gasteiger partial charge in [0, 0.05) is 13.1 Å². The van der Waals surface area contributed by atoms with Crippen molar-refractivity contribution >= 4 is 27.5 Å². The molecule has 0 aromatic heterocycles. The van der Waals surface area contributed by atoms with Crippen LogP contribution in [-0.4, -0.2) is 44.3 Å². The van der Waals surface area contributed by atoms with E-state index in [2.05, 4.69) is 5.32 Å². The molecule has 3 aromatic carbocycles. The molecular weight excluding hydrogens is 498 g/mol. The van der Waals surface area contributed by atoms with E-state index in [0.717, 1.165) is 32.1 Å². The van der Waals surface area contributed by atoms with Crippen LogP contribution in [0.5, 0.6) is 0 Å². The van der Waals surface area contributed by atoms with Crippen molar-refractivity contribution in [2.45, 2.75) is 59.0 Å². The number of hydrogen-bond donors (Lipinski definition) is 1. The predicted molar refractivity (Wildman–Crippen MR) is 152 cm³/mol. The Morgan fingerprint density at radius 3 is 2.03 bits per heavy atom. The van der Waals surface area contributed by atoms with Crippen molar-refractivity contribution in [3.8, 4) is 0 Å². The molecule has 0 fully saturated rings. The zero-order valence-electron chi connectivity index (χ0n) is 23.0. The third-order valence-electron chi connectivity index (χ3n) is 6.72. The highest BCUT2D eigenvalue weighted by Crippen LogP contribution is 2.29. The standard InChI is InChI=1S/C30H37N3O4S/c1-7-31-30(35)25(6)32(19-26-15-11-21(2)12-16-26)29(34)20-33(28-10-8-9-23(4)24(28)5)38(36,37)27-17-13-22(3)14-18-27/h8-18,25H,7,19-20H2,1-6H3,(H,31,35)/t25-/m1/s1. The number of carbonyl (C=O) groups is 2. The van der Waals surface area contributed by atoms with Crippen LogP contribution in [-0.2, 0) is 26.2 Å². The van der Waals surface area contributed by atoms with Gasteiger partial charge in [0.05, 0.1) is 10.6 Å². The van der Waals surface area contributed by atoms with Crippen LogP contribution in [0.25, 0.3) is 0 Å². The number of sulfonamides is 1. The monoisotopic (exact) mass is 535 g/mol. The van der Waals surface area contributed by atoms with Gasteiger partial charge in [-0.05, 0) is 76.4 Å². The lowest BCUT2D eigenvalue weighted by Crippen LogP contribution is -2.51. The molecule has 8 heteroatoms. The summed E-state index contributed by atoms with van der Waals surface area (Å²) in [6.07, 6.45) is 0. The van der Waals surface area contributed by atoms with Crippen molar-refractivity contribution in [1.82, 2.24) is 10.2 Å². The maximum atomic E-state index is 13.9. The number of carbonyl (C=O) groups excluding carboxylic acids is 2. The lowest BCUT2D eigenvalue weighted by molar-refractivity contribution is -0.139. The van der Waals surface area contributed by atoms with E-state index < -0.39 is 28.5 Å². The molecule has 202 valence electrons. The molecule has 1 atom stereocenters. The Bertz CT molecular complexity index is 1380. The summed E-state index contributed by atoms with van der Waals surface area (Å²) in [5.74, 6) is -0.770. The number of rotatable bonds is 10. The van der Waals surface area contributed by atoms with Crippen LogP contribution in [0.3, 0.4) is 0 Å². The first-order chi connectivity index (χ1) is 17.9. The first kappa shape index (κ1) is 28.9. The Kier molecular flexibility index (Phi) is 9.33. The van der Waals surface area contributed by atoms with Gasteiger partial charge in [-0.3, -0.25) is 13.9 Å². The normalized spacial score (nSPS) is 12.1. The van der Waals surface area contributed by atoms with E-state index in [-0.39, 0.29) is 17.3 Å². The van der Waals surface area contributed by atoms with Crippen LogP contribution in [0.15, 0.2) is 71.6 Å². The zero-order valence-corrected chi connectivity index (χ0v) is 23.8. The van der Waals surface area contributed by atoms with E-state index in [1.54, 1.807) is 43.3 Å². The molecular formula is C30H37N3O4S. The van der Waals surface area contributed by atoms with Gasteiger partial charge in [0.1, 0.15) is 12.6 Å². The summed E-state index contributed by atoms with van der Waals surface area (Å²) in [6, 6.07) is 18.9. The van der Waals surface area contributed by atoms with Crippen molar-refractivity contribution < 1.29 is 18.0 Å². The quantitative estimate of drug-likeness (QED) is 0.409. The number of benzene rings is 3. The molecule has 0 aliphatic heterocycles. The summed E-state index contributed by atoms with van der Waals surface area (Å²) in [7, 11) is -4.09. The first-order valence-electron chi connectivity index (χ1n) is 12.7. The Labute approximate surface area is 226 Å². The highest BCUT2D eigenvalue weighted by Gasteiger charge is 2.33. The van der Waals surface area contributed by atoms with E-state index in [4.69, 9.17) is 0 Å². The Morgan fingerprint density at radius 2 is 1.45 bits per heavy atom. The van der Waals surface area contributed by atoms with Crippen molar-refractivity contribution in [3.63, 3.8) is 0 Å². The molecule has 1 N–H and O–H groups in total. The molecule has 2 amide bonds. The molecule has 0 heterocycles. The maximum Gasteiger partial charge on any atom is 0.264 e. The van der Waals surface area contributed by atoms with Gasteiger partial charge in [-0.15, -0.1) is 0 Å². The van der Waals surface area contributed by atoms with Gasteiger partial charge in [-0.2, -0.15) is 0 Å². The second-order valence-electron chi connectivity index (χ2n) is 9.62. The number of anilines is 1. The minimum atomic E-state index is -4.09. The van der Waals surface area contributed by atoms with Gasteiger partial charge >= 0.3 is 0 Å². The molecule has 3 rings (SSSR count). The summed E-state index contributed by atoms with van der Waals surface area (Å²) < 4.78 is 29.0. The number of aryl methyl sites for hydroxylation is 3. The first-order valence-corrected chi connectivity index (χ1v) is 14.2. The Hall–Kier alpha value is -3.65. The zero-order chi connectivity index (χ0) is 28.0. The summed E-state index contributed by atoms with van der Waals surface area (Å²) in [5.41, 5.74) is 4.95. The van der Waals surface area contributed by atoms with Gasteiger partial charge in [0.2, 0.25) is 11.8 Å². The van der Waals surface area contributed by atoms with Gasteiger partial charge in [-0.1, -0.05) is 59.7 Å². The predicted octanol–water partition coefficient (Wildman–Crippen LogP) is 4.67. The van der Waals surface area contributed by atoms with Crippen LogP contribution in [0.1, 0.15) is 41.7 Å². The SMILES string of the molecule is CCNC(=O)[C@@H](C)N(Cc1ccc(C)cc1)C(=O)CN(c1cccc(C)c1C)S(=O)(=O)c1ccc(C)cc1. The number of nitrogens with one attached hydrogen (secondary N) is 1. The van der Waals surface area contributed by atoms with E-state index in [9.17, 15) is 18.0 Å². The smallest absolute Gasteiger partial charge is 0.264 e. The fraction of sp³-hybridized carbons (Fsp3) is 0.333. The highest BCUT2D eigenvalue weighted by molar-refractivity contribution is 7.92. The lowest BCUT2D eigenvalue weighted by Gasteiger charge is -2.32. The molecule has 0 saturated heterocycles. The molecule has 0 spiro atoms. The fourth-order valence-corrected chi connectivity index (χ4v) is 5.62. The summed E-state index contributed by atoms with van der Waals surface area (Å²) in [4.78, 5) is 28.3. The molecule has 0 aliphatic carbocycles. The minimum Gasteiger partial charge on any atom is -0.355 e. The van der Waals surface area contributed by atoms with Crippen LogP contribution in [0, 0.1) is 27.7 Å². The Morgan fingerprint density at radius 1 is 0.868 bits per heavy atom. The molecule has 0 bridgehead atoms. The van der Waals surface area contributed by atoms with Crippen LogP contribution < -0.4 is 9.62 Å². The molecule has 0 aliphatic rings. The highest BCUT2D eigenvalue weighted by atomic mass is 32.2. The second kappa shape index (κ2) is 12.3. The molecule has 0 radical (unpaired) electrons. The van der Waals surface area contributed by atoms with Crippen molar-refractivity contribution in [2.24, 2.45) is 0 Å². The van der Waals surface area contributed by atoms with Crippen molar-refractivity contribution in [2.75, 3.05) is 17.4 Å². The number of amides is 2. The van der Waals surface area contributed by atoms with E-state index in [1.807, 2.05) is 65.0 Å². The maximum absolute atomic E-state index is 13.9. The fourth-order valence-electron chi connectivity index (χ4n) is 4.15. The van der Waals surface area contributed by atoms with Crippen molar-refractivity contribution in [3.05, 3.63) is 94.5 Å². The largest absolute Gasteiger partial charge is 0.355 e. The van der Waals surface area contributed by atoms with Crippen LogP contribution in [0.2, 0.25) is 0 Å². The molecule has 7 nitrogen and oxygen atoms in total. The minimum absolute atomic E-state index is 0.0960. The average molecular weight is 536 g/mol. The lowest BCUT2D eigenvalue weighted by atomic mass is 10.1. The number of nitrogens with zero attached hydrogens (tertiary/aromatic N) is 2. The van der Waals surface area contributed by atoms with Gasteiger partial charge in [-0.25, -0.2) is 8.42 Å². The second-order valence-corrected chi connectivity index (χ2v) is 11.5. The van der Waals surface area contributed by atoms with Crippen molar-refractivity contribution in [1.29, 1.82) is 0 Å². The third-order valence-corrected chi connectivity index (χ3v) is 8.50.